The van der Waals surface area contributed by atoms with Crippen molar-refractivity contribution in [3.63, 3.8) is 0 Å². The number of thiazole rings is 1. The van der Waals surface area contributed by atoms with E-state index < -0.39 is 0 Å². The monoisotopic (exact) mass is 238 g/mol. The molecule has 0 aliphatic heterocycles. The Morgan fingerprint density at radius 3 is 2.88 bits per heavy atom. The Hall–Kier alpha value is -0.410. The lowest BCUT2D eigenvalue weighted by Crippen LogP contribution is -2.40. The molecular weight excluding hydrogens is 216 g/mol. The molecule has 1 aromatic rings. The molecule has 1 aliphatic rings. The maximum Gasteiger partial charge on any atom is 0.112 e. The van der Waals surface area contributed by atoms with Gasteiger partial charge in [-0.25, -0.2) is 4.98 Å². The molecule has 1 atom stereocenters. The van der Waals surface area contributed by atoms with E-state index in [-0.39, 0.29) is 5.54 Å². The van der Waals surface area contributed by atoms with E-state index in [0.717, 1.165) is 6.04 Å². The van der Waals surface area contributed by atoms with Crippen molar-refractivity contribution >= 4 is 11.3 Å². The van der Waals surface area contributed by atoms with Gasteiger partial charge in [0, 0.05) is 17.6 Å². The lowest BCUT2D eigenvalue weighted by atomic mass is 9.94. The van der Waals surface area contributed by atoms with Gasteiger partial charge in [0.15, 0.2) is 0 Å². The van der Waals surface area contributed by atoms with Crippen LogP contribution in [-0.2, 0) is 5.54 Å². The minimum atomic E-state index is 0.116. The standard InChI is InChI=1S/C13H22N2S/c1-3-4-5-8-13(2,15-11-6-7-11)12-14-9-10-16-12/h9-11,15H,3-8H2,1-2H3. The van der Waals surface area contributed by atoms with Gasteiger partial charge in [-0.3, -0.25) is 0 Å². The summed E-state index contributed by atoms with van der Waals surface area (Å²) < 4.78 is 0. The van der Waals surface area contributed by atoms with Gasteiger partial charge in [0.2, 0.25) is 0 Å². The van der Waals surface area contributed by atoms with Gasteiger partial charge in [0.25, 0.3) is 0 Å². The first-order valence-corrected chi connectivity index (χ1v) is 7.30. The zero-order valence-corrected chi connectivity index (χ0v) is 11.1. The van der Waals surface area contributed by atoms with Crippen LogP contribution in [0.1, 0.15) is 57.4 Å². The molecule has 0 saturated heterocycles. The number of rotatable bonds is 7. The first-order valence-electron chi connectivity index (χ1n) is 6.42. The minimum absolute atomic E-state index is 0.116. The van der Waals surface area contributed by atoms with E-state index in [2.05, 4.69) is 29.5 Å². The van der Waals surface area contributed by atoms with Crippen molar-refractivity contribution < 1.29 is 0 Å². The van der Waals surface area contributed by atoms with Crippen LogP contribution in [0.15, 0.2) is 11.6 Å². The molecule has 0 spiro atoms. The summed E-state index contributed by atoms with van der Waals surface area (Å²) in [5.41, 5.74) is 0.116. The van der Waals surface area contributed by atoms with Gasteiger partial charge in [-0.1, -0.05) is 26.2 Å². The zero-order valence-electron chi connectivity index (χ0n) is 10.3. The van der Waals surface area contributed by atoms with Crippen LogP contribution in [-0.4, -0.2) is 11.0 Å². The smallest absolute Gasteiger partial charge is 0.112 e. The zero-order chi connectivity index (χ0) is 11.4. The average Bonchev–Trinajstić information content (AvgIpc) is 2.89. The van der Waals surface area contributed by atoms with Crippen LogP contribution in [0.25, 0.3) is 0 Å². The molecule has 0 amide bonds. The van der Waals surface area contributed by atoms with E-state index in [1.165, 1.54) is 43.5 Å². The molecule has 1 aliphatic carbocycles. The summed E-state index contributed by atoms with van der Waals surface area (Å²) in [5.74, 6) is 0. The van der Waals surface area contributed by atoms with E-state index in [9.17, 15) is 0 Å². The number of hydrogen-bond acceptors (Lipinski definition) is 3. The molecule has 1 N–H and O–H groups in total. The second-order valence-corrected chi connectivity index (χ2v) is 5.94. The number of nitrogens with one attached hydrogen (secondary N) is 1. The third-order valence-electron chi connectivity index (χ3n) is 3.28. The van der Waals surface area contributed by atoms with Crippen LogP contribution in [0.4, 0.5) is 0 Å². The van der Waals surface area contributed by atoms with Crippen molar-refractivity contribution in [2.24, 2.45) is 0 Å². The summed E-state index contributed by atoms with van der Waals surface area (Å²) in [6.07, 6.45) is 9.73. The summed E-state index contributed by atoms with van der Waals surface area (Å²) in [6, 6.07) is 0.746. The Morgan fingerprint density at radius 2 is 2.31 bits per heavy atom. The van der Waals surface area contributed by atoms with Gasteiger partial charge >= 0.3 is 0 Å². The van der Waals surface area contributed by atoms with Crippen molar-refractivity contribution in [2.45, 2.75) is 64.0 Å². The number of aromatic nitrogens is 1. The molecular formula is C13H22N2S. The van der Waals surface area contributed by atoms with E-state index in [1.54, 1.807) is 11.3 Å². The normalized spacial score (nSPS) is 19.6. The van der Waals surface area contributed by atoms with Crippen LogP contribution < -0.4 is 5.32 Å². The first kappa shape index (κ1) is 12.1. The molecule has 1 fully saturated rings. The minimum Gasteiger partial charge on any atom is -0.303 e. The van der Waals surface area contributed by atoms with Gasteiger partial charge in [-0.2, -0.15) is 0 Å². The molecule has 0 aromatic carbocycles. The van der Waals surface area contributed by atoms with Gasteiger partial charge in [0.05, 0.1) is 5.54 Å². The molecule has 16 heavy (non-hydrogen) atoms. The fraction of sp³-hybridized carbons (Fsp3) is 0.769. The summed E-state index contributed by atoms with van der Waals surface area (Å²) in [7, 11) is 0. The summed E-state index contributed by atoms with van der Waals surface area (Å²) >= 11 is 1.78. The predicted molar refractivity (Wildman–Crippen MR) is 69.8 cm³/mol. The fourth-order valence-corrected chi connectivity index (χ4v) is 2.94. The summed E-state index contributed by atoms with van der Waals surface area (Å²) in [6.45, 7) is 4.58. The van der Waals surface area contributed by atoms with Gasteiger partial charge < -0.3 is 5.32 Å². The van der Waals surface area contributed by atoms with E-state index >= 15 is 0 Å². The molecule has 90 valence electrons. The van der Waals surface area contributed by atoms with E-state index in [4.69, 9.17) is 0 Å². The molecule has 1 heterocycles. The van der Waals surface area contributed by atoms with Crippen LogP contribution in [0.5, 0.6) is 0 Å². The number of hydrogen-bond donors (Lipinski definition) is 1. The lowest BCUT2D eigenvalue weighted by molar-refractivity contribution is 0.322. The average molecular weight is 238 g/mol. The lowest BCUT2D eigenvalue weighted by Gasteiger charge is -2.29. The molecule has 1 aromatic heterocycles. The largest absolute Gasteiger partial charge is 0.303 e. The second-order valence-electron chi connectivity index (χ2n) is 5.05. The molecule has 3 heteroatoms. The molecule has 1 unspecified atom stereocenters. The Morgan fingerprint density at radius 1 is 1.50 bits per heavy atom. The third-order valence-corrected chi connectivity index (χ3v) is 4.32. The van der Waals surface area contributed by atoms with Gasteiger partial charge in [-0.05, 0) is 26.2 Å². The maximum absolute atomic E-state index is 4.50. The molecule has 0 radical (unpaired) electrons. The SMILES string of the molecule is CCCCCC(C)(NC1CC1)c1nccs1. The third kappa shape index (κ3) is 3.05. The first-order chi connectivity index (χ1) is 7.74. The van der Waals surface area contributed by atoms with Crippen molar-refractivity contribution in [3.8, 4) is 0 Å². The highest BCUT2D eigenvalue weighted by atomic mass is 32.1. The highest BCUT2D eigenvalue weighted by Crippen LogP contribution is 2.33. The Labute approximate surface area is 102 Å². The molecule has 2 nitrogen and oxygen atoms in total. The summed E-state index contributed by atoms with van der Waals surface area (Å²) in [4.78, 5) is 4.50. The van der Waals surface area contributed by atoms with E-state index in [1.807, 2.05) is 6.20 Å². The van der Waals surface area contributed by atoms with Gasteiger partial charge in [-0.15, -0.1) is 11.3 Å². The predicted octanol–water partition coefficient (Wildman–Crippen LogP) is 3.69. The molecule has 2 rings (SSSR count). The molecule has 1 saturated carbocycles. The quantitative estimate of drug-likeness (QED) is 0.733. The van der Waals surface area contributed by atoms with E-state index in [0.29, 0.717) is 0 Å². The second kappa shape index (κ2) is 5.28. The maximum atomic E-state index is 4.50. The highest BCUT2D eigenvalue weighted by molar-refractivity contribution is 7.09. The summed E-state index contributed by atoms with van der Waals surface area (Å²) in [5, 5.41) is 7.12. The number of nitrogens with zero attached hydrogens (tertiary/aromatic N) is 1. The Balaban J connectivity index is 1.99. The van der Waals surface area contributed by atoms with Crippen LogP contribution in [0, 0.1) is 0 Å². The highest BCUT2D eigenvalue weighted by Gasteiger charge is 2.34. The Bertz CT molecular complexity index is 306. The van der Waals surface area contributed by atoms with Gasteiger partial charge in [0.1, 0.15) is 5.01 Å². The topological polar surface area (TPSA) is 24.9 Å². The van der Waals surface area contributed by atoms with Crippen LogP contribution in [0.2, 0.25) is 0 Å². The van der Waals surface area contributed by atoms with Crippen molar-refractivity contribution in [2.75, 3.05) is 0 Å². The fourth-order valence-electron chi connectivity index (χ4n) is 2.14. The molecule has 0 bridgehead atoms. The van der Waals surface area contributed by atoms with Crippen molar-refractivity contribution in [3.05, 3.63) is 16.6 Å². The van der Waals surface area contributed by atoms with Crippen LogP contribution >= 0.6 is 11.3 Å². The van der Waals surface area contributed by atoms with Crippen LogP contribution in [0.3, 0.4) is 0 Å². The Kier molecular flexibility index (Phi) is 3.98. The van der Waals surface area contributed by atoms with Crippen molar-refractivity contribution in [1.29, 1.82) is 0 Å². The van der Waals surface area contributed by atoms with Crippen molar-refractivity contribution in [1.82, 2.24) is 10.3 Å². The number of unbranched alkanes of at least 4 members (excludes halogenated alkanes) is 2.